The molecule has 0 atom stereocenters. The van der Waals surface area contributed by atoms with Gasteiger partial charge in [-0.25, -0.2) is 29.0 Å². The van der Waals surface area contributed by atoms with E-state index in [4.69, 9.17) is 9.47 Å². The lowest BCUT2D eigenvalue weighted by molar-refractivity contribution is -0.452. The normalized spacial score (nSPS) is 11.3. The Bertz CT molecular complexity index is 1080. The number of carbonyl (C=O) groups is 4. The van der Waals surface area contributed by atoms with E-state index in [1.54, 1.807) is 48.5 Å². The van der Waals surface area contributed by atoms with Crippen LogP contribution in [0.25, 0.3) is 0 Å². The number of rotatable bonds is 14. The summed E-state index contributed by atoms with van der Waals surface area (Å²) < 4.78 is 9.66. The van der Waals surface area contributed by atoms with E-state index < -0.39 is 24.2 Å². The number of hydrogen-bond donors (Lipinski definition) is 0. The summed E-state index contributed by atoms with van der Waals surface area (Å²) in [5, 5.41) is 8.42. The van der Waals surface area contributed by atoms with Crippen molar-refractivity contribution in [2.45, 2.75) is 84.5 Å². The average molecular weight is 605 g/mol. The summed E-state index contributed by atoms with van der Waals surface area (Å²) >= 11 is 0. The molecule has 0 saturated carbocycles. The summed E-state index contributed by atoms with van der Waals surface area (Å²) in [5.74, 6) is -1.64. The number of hydrogen-bond acceptors (Lipinski definition) is 12. The van der Waals surface area contributed by atoms with Crippen molar-refractivity contribution < 1.29 is 58.3 Å². The number of carbonyl (C=O) groups excluding carboxylic acids is 4. The molecule has 2 aromatic carbocycles. The van der Waals surface area contributed by atoms with Gasteiger partial charge in [0.25, 0.3) is 0 Å². The highest BCUT2D eigenvalue weighted by Crippen LogP contribution is 2.23. The topological polar surface area (TPSA) is 142 Å². The van der Waals surface area contributed by atoms with Gasteiger partial charge in [-0.15, -0.1) is 0 Å². The molecule has 0 fully saturated rings. The number of unbranched alkanes of at least 4 members (excludes halogenated alkanes) is 4. The van der Waals surface area contributed by atoms with E-state index in [9.17, 15) is 19.2 Å². The Hall–Kier alpha value is -4.16. The quantitative estimate of drug-likeness (QED) is 0.0927. The fourth-order valence-corrected chi connectivity index (χ4v) is 3.55. The third-order valence-electron chi connectivity index (χ3n) is 6.13. The Kier molecular flexibility index (Phi) is 13.9. The van der Waals surface area contributed by atoms with Crippen molar-refractivity contribution >= 4 is 24.2 Å². The van der Waals surface area contributed by atoms with E-state index in [0.717, 1.165) is 30.4 Å². The van der Waals surface area contributed by atoms with Gasteiger partial charge in [0.1, 0.15) is 0 Å². The first kappa shape index (κ1) is 35.0. The molecule has 0 aliphatic heterocycles. The van der Waals surface area contributed by atoms with E-state index >= 15 is 0 Å². The zero-order chi connectivity index (χ0) is 31.9. The molecule has 0 heterocycles. The molecule has 0 N–H and O–H groups in total. The summed E-state index contributed by atoms with van der Waals surface area (Å²) in [4.78, 5) is 64.4. The summed E-state index contributed by atoms with van der Waals surface area (Å²) in [7, 11) is 0. The zero-order valence-corrected chi connectivity index (χ0v) is 25.5. The second-order valence-corrected chi connectivity index (χ2v) is 11.7. The van der Waals surface area contributed by atoms with Gasteiger partial charge in [-0.3, -0.25) is 9.78 Å². The molecule has 0 amide bonds. The zero-order valence-electron chi connectivity index (χ0n) is 25.5. The van der Waals surface area contributed by atoms with E-state index in [0.29, 0.717) is 12.8 Å². The predicted molar refractivity (Wildman–Crippen MR) is 151 cm³/mol. The van der Waals surface area contributed by atoms with Crippen LogP contribution in [0.15, 0.2) is 48.5 Å². The maximum Gasteiger partial charge on any atom is 0.543 e. The molecular formula is C31H40O12. The Labute approximate surface area is 251 Å². The van der Waals surface area contributed by atoms with Crippen LogP contribution in [-0.2, 0) is 49.9 Å². The van der Waals surface area contributed by atoms with Crippen LogP contribution in [0.4, 0.5) is 9.59 Å². The molecule has 43 heavy (non-hydrogen) atoms. The second-order valence-electron chi connectivity index (χ2n) is 11.7. The minimum absolute atomic E-state index is 0.0622. The summed E-state index contributed by atoms with van der Waals surface area (Å²) in [5.41, 5.74) is 2.44. The smallest absolute Gasteiger partial charge is 0.432 e. The largest absolute Gasteiger partial charge is 0.543 e. The standard InChI is InChI=1S/C31H40O12/c1-30(2,3)24-16-12-22(13-17-24)26(32)38-42-40-28(34)36-20-10-8-7-9-11-21-37-29(35)41-43-39-27(33)23-14-18-25(19-15-23)31(4,5)6/h12-19H,7-11,20-21H2,1-6H3. The molecule has 0 spiro atoms. The highest BCUT2D eigenvalue weighted by molar-refractivity contribution is 5.89. The van der Waals surface area contributed by atoms with Crippen LogP contribution in [0.5, 0.6) is 0 Å². The van der Waals surface area contributed by atoms with Crippen molar-refractivity contribution in [1.82, 2.24) is 0 Å². The molecule has 2 rings (SSSR count). The van der Waals surface area contributed by atoms with Gasteiger partial charge in [0.05, 0.1) is 34.4 Å². The van der Waals surface area contributed by atoms with Gasteiger partial charge in [0.2, 0.25) is 0 Å². The lowest BCUT2D eigenvalue weighted by Gasteiger charge is -2.18. The van der Waals surface area contributed by atoms with Gasteiger partial charge >= 0.3 is 24.2 Å². The number of ether oxygens (including phenoxy) is 2. The van der Waals surface area contributed by atoms with Crippen molar-refractivity contribution in [1.29, 1.82) is 0 Å². The van der Waals surface area contributed by atoms with Gasteiger partial charge in [-0.1, -0.05) is 85.1 Å². The van der Waals surface area contributed by atoms with Gasteiger partial charge in [-0.05, 0) is 59.1 Å². The van der Waals surface area contributed by atoms with Crippen LogP contribution >= 0.6 is 0 Å². The van der Waals surface area contributed by atoms with Crippen LogP contribution in [0.1, 0.15) is 105 Å². The first-order valence-electron chi connectivity index (χ1n) is 13.9. The Morgan fingerprint density at radius 1 is 0.488 bits per heavy atom. The molecule has 0 bridgehead atoms. The van der Waals surface area contributed by atoms with E-state index in [1.807, 2.05) is 0 Å². The molecule has 0 aliphatic carbocycles. The molecule has 2 aromatic rings. The fraction of sp³-hybridized carbons (Fsp3) is 0.484. The monoisotopic (exact) mass is 604 g/mol. The van der Waals surface area contributed by atoms with Crippen molar-refractivity contribution in [2.75, 3.05) is 13.2 Å². The van der Waals surface area contributed by atoms with Crippen molar-refractivity contribution in [2.24, 2.45) is 0 Å². The predicted octanol–water partition coefficient (Wildman–Crippen LogP) is 7.25. The molecule has 0 radical (unpaired) electrons. The Balaban J connectivity index is 1.43. The first-order valence-corrected chi connectivity index (χ1v) is 13.9. The van der Waals surface area contributed by atoms with E-state index in [2.05, 4.69) is 71.2 Å². The third-order valence-corrected chi connectivity index (χ3v) is 6.13. The SMILES string of the molecule is CC(C)(C)c1ccc(C(=O)OOOC(=O)OCCCCCCCOC(=O)OOOC(=O)c2ccc(C(C)(C)C)cc2)cc1. The molecule has 0 aliphatic rings. The van der Waals surface area contributed by atoms with Gasteiger partial charge in [-0.2, -0.15) is 0 Å². The lowest BCUT2D eigenvalue weighted by atomic mass is 9.87. The molecule has 0 aromatic heterocycles. The number of benzene rings is 2. The van der Waals surface area contributed by atoms with Crippen LogP contribution in [0.3, 0.4) is 0 Å². The third kappa shape index (κ3) is 13.6. The highest BCUT2D eigenvalue weighted by Gasteiger charge is 2.18. The molecular weight excluding hydrogens is 564 g/mol. The van der Waals surface area contributed by atoms with Crippen LogP contribution < -0.4 is 0 Å². The van der Waals surface area contributed by atoms with Crippen LogP contribution in [-0.4, -0.2) is 37.5 Å². The average Bonchev–Trinajstić information content (AvgIpc) is 2.95. The molecule has 0 unspecified atom stereocenters. The van der Waals surface area contributed by atoms with E-state index in [-0.39, 0.29) is 35.2 Å². The second kappa shape index (κ2) is 17.1. The van der Waals surface area contributed by atoms with Crippen molar-refractivity contribution in [3.05, 3.63) is 70.8 Å². The van der Waals surface area contributed by atoms with Gasteiger partial charge in [0.15, 0.2) is 0 Å². The Morgan fingerprint density at radius 3 is 1.14 bits per heavy atom. The maximum absolute atomic E-state index is 11.9. The fourth-order valence-electron chi connectivity index (χ4n) is 3.55. The highest BCUT2D eigenvalue weighted by atomic mass is 17.5. The lowest BCUT2D eigenvalue weighted by Crippen LogP contribution is -2.14. The van der Waals surface area contributed by atoms with Crippen LogP contribution in [0.2, 0.25) is 0 Å². The van der Waals surface area contributed by atoms with Gasteiger partial charge in [0, 0.05) is 0 Å². The van der Waals surface area contributed by atoms with Gasteiger partial charge < -0.3 is 9.47 Å². The summed E-state index contributed by atoms with van der Waals surface area (Å²) in [6.07, 6.45) is 1.05. The van der Waals surface area contributed by atoms with E-state index in [1.165, 1.54) is 0 Å². The van der Waals surface area contributed by atoms with Crippen LogP contribution in [0, 0.1) is 0 Å². The molecule has 236 valence electrons. The molecule has 12 heteroatoms. The molecule has 0 saturated heterocycles. The minimum atomic E-state index is -1.14. The van der Waals surface area contributed by atoms with Crippen molar-refractivity contribution in [3.8, 4) is 0 Å². The Morgan fingerprint density at radius 2 is 0.814 bits per heavy atom. The first-order chi connectivity index (χ1) is 20.3. The molecule has 12 nitrogen and oxygen atoms in total. The summed E-state index contributed by atoms with van der Waals surface area (Å²) in [6, 6.07) is 13.6. The van der Waals surface area contributed by atoms with Crippen molar-refractivity contribution in [3.63, 3.8) is 0 Å². The minimum Gasteiger partial charge on any atom is -0.432 e. The summed E-state index contributed by atoms with van der Waals surface area (Å²) in [6.45, 7) is 12.4. The maximum atomic E-state index is 11.9.